The Hall–Kier alpha value is -1.63. The van der Waals surface area contributed by atoms with Crippen molar-refractivity contribution in [1.82, 2.24) is 4.72 Å². The molecule has 0 radical (unpaired) electrons. The Morgan fingerprint density at radius 3 is 2.65 bits per heavy atom. The molecule has 0 unspecified atom stereocenters. The lowest BCUT2D eigenvalue weighted by molar-refractivity contribution is 0.580. The van der Waals surface area contributed by atoms with Gasteiger partial charge in [-0.15, -0.1) is 0 Å². The number of rotatable bonds is 4. The molecule has 0 aromatic heterocycles. The number of hydrogen-bond donors (Lipinski definition) is 2. The molecule has 3 N–H and O–H groups in total. The largest absolute Gasteiger partial charge is 0.398 e. The van der Waals surface area contributed by atoms with Gasteiger partial charge < -0.3 is 5.73 Å². The average Bonchev–Trinajstić information content (AvgIpc) is 2.39. The van der Waals surface area contributed by atoms with E-state index < -0.39 is 15.8 Å². The van der Waals surface area contributed by atoms with E-state index in [1.807, 2.05) is 0 Å². The van der Waals surface area contributed by atoms with Gasteiger partial charge >= 0.3 is 0 Å². The first-order valence-corrected chi connectivity index (χ1v) is 7.54. The molecule has 0 bridgehead atoms. The number of halogens is 2. The van der Waals surface area contributed by atoms with Crippen LogP contribution < -0.4 is 10.5 Å². The van der Waals surface area contributed by atoms with Crippen molar-refractivity contribution in [3.05, 3.63) is 58.9 Å². The minimum Gasteiger partial charge on any atom is -0.398 e. The third kappa shape index (κ3) is 3.47. The molecule has 4 nitrogen and oxygen atoms in total. The maximum absolute atomic E-state index is 13.0. The van der Waals surface area contributed by atoms with Gasteiger partial charge in [-0.1, -0.05) is 23.7 Å². The van der Waals surface area contributed by atoms with Crippen LogP contribution in [-0.2, 0) is 16.6 Å². The van der Waals surface area contributed by atoms with Gasteiger partial charge in [-0.2, -0.15) is 0 Å². The molecule has 2 aromatic rings. The highest BCUT2D eigenvalue weighted by molar-refractivity contribution is 7.89. The monoisotopic (exact) mass is 314 g/mol. The molecule has 0 saturated carbocycles. The summed E-state index contributed by atoms with van der Waals surface area (Å²) in [6.45, 7) is -0.0357. The van der Waals surface area contributed by atoms with E-state index in [1.54, 1.807) is 6.07 Å². The molecule has 0 saturated heterocycles. The number of nitrogens with two attached hydrogens (primary N) is 1. The van der Waals surface area contributed by atoms with Crippen LogP contribution in [0.25, 0.3) is 0 Å². The van der Waals surface area contributed by atoms with Crippen LogP contribution in [0.4, 0.5) is 10.1 Å². The molecule has 7 heteroatoms. The van der Waals surface area contributed by atoms with Crippen LogP contribution in [0.5, 0.6) is 0 Å². The van der Waals surface area contributed by atoms with E-state index in [2.05, 4.69) is 4.72 Å². The number of nitrogens with one attached hydrogen (secondary N) is 1. The summed E-state index contributed by atoms with van der Waals surface area (Å²) in [5.74, 6) is -0.427. The summed E-state index contributed by atoms with van der Waals surface area (Å²) in [6, 6.07) is 9.85. The quantitative estimate of drug-likeness (QED) is 0.852. The molecule has 20 heavy (non-hydrogen) atoms. The minimum atomic E-state index is -3.81. The van der Waals surface area contributed by atoms with E-state index in [4.69, 9.17) is 17.3 Å². The second-order valence-corrected chi connectivity index (χ2v) is 6.31. The zero-order chi connectivity index (χ0) is 14.8. The van der Waals surface area contributed by atoms with Gasteiger partial charge in [0.1, 0.15) is 10.7 Å². The summed E-state index contributed by atoms with van der Waals surface area (Å²) < 4.78 is 39.6. The van der Waals surface area contributed by atoms with Gasteiger partial charge in [0, 0.05) is 11.6 Å². The Kier molecular flexibility index (Phi) is 4.27. The van der Waals surface area contributed by atoms with Crippen molar-refractivity contribution >= 4 is 27.3 Å². The minimum absolute atomic E-state index is 0.0357. The zero-order valence-electron chi connectivity index (χ0n) is 10.3. The van der Waals surface area contributed by atoms with E-state index in [-0.39, 0.29) is 22.2 Å². The molecule has 0 aliphatic heterocycles. The highest BCUT2D eigenvalue weighted by Crippen LogP contribution is 2.22. The molecule has 0 aliphatic rings. The number of anilines is 1. The molecular weight excluding hydrogens is 303 g/mol. The van der Waals surface area contributed by atoms with Crippen molar-refractivity contribution in [1.29, 1.82) is 0 Å². The van der Waals surface area contributed by atoms with Crippen molar-refractivity contribution in [2.75, 3.05) is 5.73 Å². The number of nitrogen functional groups attached to an aromatic ring is 1. The number of benzene rings is 2. The summed E-state index contributed by atoms with van der Waals surface area (Å²) in [7, 11) is -3.81. The van der Waals surface area contributed by atoms with Gasteiger partial charge in [0.05, 0.1) is 5.69 Å². The lowest BCUT2D eigenvalue weighted by Crippen LogP contribution is -2.24. The standard InChI is InChI=1S/C13H12ClFN2O2S/c14-10-4-5-12(16)13(7-10)20(18,19)17-8-9-2-1-3-11(15)6-9/h1-7,17H,8,16H2. The van der Waals surface area contributed by atoms with Gasteiger partial charge in [-0.05, 0) is 35.9 Å². The molecule has 0 fully saturated rings. The molecule has 2 rings (SSSR count). The third-order valence-corrected chi connectivity index (χ3v) is 4.31. The van der Waals surface area contributed by atoms with Gasteiger partial charge in [0.2, 0.25) is 10.0 Å². The second kappa shape index (κ2) is 5.78. The van der Waals surface area contributed by atoms with Crippen LogP contribution in [0.15, 0.2) is 47.4 Å². The zero-order valence-corrected chi connectivity index (χ0v) is 11.9. The third-order valence-electron chi connectivity index (χ3n) is 2.62. The van der Waals surface area contributed by atoms with Crippen molar-refractivity contribution < 1.29 is 12.8 Å². The fourth-order valence-corrected chi connectivity index (χ4v) is 3.05. The Balaban J connectivity index is 2.21. The molecule has 0 spiro atoms. The Morgan fingerprint density at radius 2 is 1.95 bits per heavy atom. The topological polar surface area (TPSA) is 72.2 Å². The first kappa shape index (κ1) is 14.8. The normalized spacial score (nSPS) is 11.5. The van der Waals surface area contributed by atoms with E-state index >= 15 is 0 Å². The van der Waals surface area contributed by atoms with Crippen LogP contribution in [0.1, 0.15) is 5.56 Å². The molecule has 0 atom stereocenters. The van der Waals surface area contributed by atoms with Crippen molar-refractivity contribution in [3.63, 3.8) is 0 Å². The maximum Gasteiger partial charge on any atom is 0.242 e. The average molecular weight is 315 g/mol. The number of sulfonamides is 1. The van der Waals surface area contributed by atoms with Crippen LogP contribution in [0.2, 0.25) is 5.02 Å². The first-order chi connectivity index (χ1) is 9.38. The Labute approximate surface area is 121 Å². The van der Waals surface area contributed by atoms with Crippen LogP contribution >= 0.6 is 11.6 Å². The highest BCUT2D eigenvalue weighted by Gasteiger charge is 2.17. The van der Waals surface area contributed by atoms with Gasteiger partial charge in [0.25, 0.3) is 0 Å². The van der Waals surface area contributed by atoms with E-state index in [9.17, 15) is 12.8 Å². The molecule has 2 aromatic carbocycles. The fraction of sp³-hybridized carbons (Fsp3) is 0.0769. The van der Waals surface area contributed by atoms with E-state index in [0.717, 1.165) is 0 Å². The summed E-state index contributed by atoms with van der Waals surface area (Å²) in [6.07, 6.45) is 0. The first-order valence-electron chi connectivity index (χ1n) is 5.67. The Morgan fingerprint density at radius 1 is 1.20 bits per heavy atom. The lowest BCUT2D eigenvalue weighted by Gasteiger charge is -2.09. The van der Waals surface area contributed by atoms with Gasteiger partial charge in [-0.3, -0.25) is 0 Å². The summed E-state index contributed by atoms with van der Waals surface area (Å²) >= 11 is 5.76. The summed E-state index contributed by atoms with van der Waals surface area (Å²) in [5.41, 5.74) is 6.24. The highest BCUT2D eigenvalue weighted by atomic mass is 35.5. The molecule has 0 amide bonds. The predicted octanol–water partition coefficient (Wildman–Crippen LogP) is 2.54. The predicted molar refractivity (Wildman–Crippen MR) is 76.3 cm³/mol. The number of hydrogen-bond acceptors (Lipinski definition) is 3. The second-order valence-electron chi connectivity index (χ2n) is 4.14. The van der Waals surface area contributed by atoms with Crippen LogP contribution in [-0.4, -0.2) is 8.42 Å². The lowest BCUT2D eigenvalue weighted by atomic mass is 10.2. The molecule has 0 aliphatic carbocycles. The molecular formula is C13H12ClFN2O2S. The van der Waals surface area contributed by atoms with Crippen molar-refractivity contribution in [2.24, 2.45) is 0 Å². The van der Waals surface area contributed by atoms with Crippen molar-refractivity contribution in [3.8, 4) is 0 Å². The van der Waals surface area contributed by atoms with Crippen LogP contribution in [0.3, 0.4) is 0 Å². The molecule has 0 heterocycles. The summed E-state index contributed by atoms with van der Waals surface area (Å²) in [4.78, 5) is -0.0959. The smallest absolute Gasteiger partial charge is 0.242 e. The van der Waals surface area contributed by atoms with Gasteiger partial charge in [-0.25, -0.2) is 17.5 Å². The summed E-state index contributed by atoms with van der Waals surface area (Å²) in [5, 5.41) is 0.269. The van der Waals surface area contributed by atoms with Crippen molar-refractivity contribution in [2.45, 2.75) is 11.4 Å². The maximum atomic E-state index is 13.0. The Bertz CT molecular complexity index is 735. The van der Waals surface area contributed by atoms with Crippen LogP contribution in [0, 0.1) is 5.82 Å². The van der Waals surface area contributed by atoms with E-state index in [0.29, 0.717) is 5.56 Å². The van der Waals surface area contributed by atoms with E-state index in [1.165, 1.54) is 36.4 Å². The fourth-order valence-electron chi connectivity index (χ4n) is 1.64. The SMILES string of the molecule is Nc1ccc(Cl)cc1S(=O)(=O)NCc1cccc(F)c1. The van der Waals surface area contributed by atoms with Gasteiger partial charge in [0.15, 0.2) is 0 Å². The molecule has 106 valence electrons.